The van der Waals surface area contributed by atoms with E-state index < -0.39 is 0 Å². The molecule has 0 unspecified atom stereocenters. The third-order valence-corrected chi connectivity index (χ3v) is 3.26. The van der Waals surface area contributed by atoms with Crippen LogP contribution in [0.5, 0.6) is 0 Å². The summed E-state index contributed by atoms with van der Waals surface area (Å²) < 4.78 is 0. The second kappa shape index (κ2) is 7.45. The Labute approximate surface area is 124 Å². The monoisotopic (exact) mass is 284 g/mol. The van der Waals surface area contributed by atoms with Gasteiger partial charge in [-0.3, -0.25) is 0 Å². The minimum absolute atomic E-state index is 0.126. The maximum atomic E-state index is 12.0. The number of hydrogen-bond donors (Lipinski definition) is 3. The molecule has 2 aromatic carbocycles. The lowest BCUT2D eigenvalue weighted by Crippen LogP contribution is -2.20. The van der Waals surface area contributed by atoms with Crippen molar-refractivity contribution in [2.45, 2.75) is 19.8 Å². The molecule has 0 radical (unpaired) electrons. The fourth-order valence-electron chi connectivity index (χ4n) is 2.12. The zero-order chi connectivity index (χ0) is 15.1. The number of aliphatic hydroxyl groups is 1. The second-order valence-corrected chi connectivity index (χ2v) is 4.76. The quantitative estimate of drug-likeness (QED) is 0.787. The summed E-state index contributed by atoms with van der Waals surface area (Å²) in [5.41, 5.74) is 3.70. The van der Waals surface area contributed by atoms with Gasteiger partial charge in [0.25, 0.3) is 0 Å². The SMILES string of the molecule is CCc1ccccc1NC(=O)Nc1ccc(CCO)cc1. The maximum Gasteiger partial charge on any atom is 0.323 e. The fraction of sp³-hybridized carbons (Fsp3) is 0.235. The summed E-state index contributed by atoms with van der Waals surface area (Å²) in [7, 11) is 0. The summed E-state index contributed by atoms with van der Waals surface area (Å²) in [5.74, 6) is 0. The standard InChI is InChI=1S/C17H20N2O2/c1-2-14-5-3-4-6-16(14)19-17(21)18-15-9-7-13(8-10-15)11-12-20/h3-10,20H,2,11-12H2,1H3,(H2,18,19,21). The molecule has 4 nitrogen and oxygen atoms in total. The molecule has 2 rings (SSSR count). The van der Waals surface area contributed by atoms with Gasteiger partial charge in [0.1, 0.15) is 0 Å². The van der Waals surface area contributed by atoms with Crippen molar-refractivity contribution in [3.63, 3.8) is 0 Å². The van der Waals surface area contributed by atoms with Crippen LogP contribution in [0.4, 0.5) is 16.2 Å². The average molecular weight is 284 g/mol. The van der Waals surface area contributed by atoms with E-state index in [2.05, 4.69) is 17.6 Å². The van der Waals surface area contributed by atoms with Gasteiger partial charge in [0.15, 0.2) is 0 Å². The Morgan fingerprint density at radius 1 is 1.05 bits per heavy atom. The number of nitrogens with one attached hydrogen (secondary N) is 2. The molecule has 0 heterocycles. The van der Waals surface area contributed by atoms with Crippen molar-refractivity contribution >= 4 is 17.4 Å². The molecule has 4 heteroatoms. The van der Waals surface area contributed by atoms with E-state index in [1.54, 1.807) is 0 Å². The van der Waals surface area contributed by atoms with Crippen molar-refractivity contribution < 1.29 is 9.90 Å². The number of aryl methyl sites for hydroxylation is 1. The highest BCUT2D eigenvalue weighted by Gasteiger charge is 2.05. The van der Waals surface area contributed by atoms with E-state index in [1.807, 2.05) is 48.5 Å². The first-order chi connectivity index (χ1) is 10.2. The molecule has 0 bridgehead atoms. The van der Waals surface area contributed by atoms with Crippen LogP contribution in [0.2, 0.25) is 0 Å². The third-order valence-electron chi connectivity index (χ3n) is 3.26. The van der Waals surface area contributed by atoms with Crippen molar-refractivity contribution in [2.24, 2.45) is 0 Å². The number of rotatable bonds is 5. The Morgan fingerprint density at radius 3 is 2.43 bits per heavy atom. The van der Waals surface area contributed by atoms with Crippen LogP contribution in [-0.4, -0.2) is 17.7 Å². The van der Waals surface area contributed by atoms with Gasteiger partial charge in [0.2, 0.25) is 0 Å². The van der Waals surface area contributed by atoms with Gasteiger partial charge in [-0.25, -0.2) is 4.79 Å². The molecule has 0 fully saturated rings. The van der Waals surface area contributed by atoms with Crippen LogP contribution in [0.25, 0.3) is 0 Å². The van der Waals surface area contributed by atoms with Gasteiger partial charge in [-0.1, -0.05) is 37.3 Å². The van der Waals surface area contributed by atoms with Crippen molar-refractivity contribution in [3.05, 3.63) is 59.7 Å². The van der Waals surface area contributed by atoms with E-state index in [9.17, 15) is 4.79 Å². The van der Waals surface area contributed by atoms with Gasteiger partial charge in [-0.05, 0) is 42.2 Å². The van der Waals surface area contributed by atoms with Crippen LogP contribution in [0.15, 0.2) is 48.5 Å². The van der Waals surface area contributed by atoms with Crippen molar-refractivity contribution in [2.75, 3.05) is 17.2 Å². The first-order valence-corrected chi connectivity index (χ1v) is 7.08. The summed E-state index contributed by atoms with van der Waals surface area (Å²) in [6.45, 7) is 2.18. The topological polar surface area (TPSA) is 61.4 Å². The normalized spacial score (nSPS) is 10.2. The average Bonchev–Trinajstić information content (AvgIpc) is 2.50. The van der Waals surface area contributed by atoms with Gasteiger partial charge in [-0.2, -0.15) is 0 Å². The molecule has 0 aromatic heterocycles. The number of anilines is 2. The summed E-state index contributed by atoms with van der Waals surface area (Å²) in [6, 6.07) is 14.9. The van der Waals surface area contributed by atoms with E-state index in [4.69, 9.17) is 5.11 Å². The third kappa shape index (κ3) is 4.33. The molecule has 0 aliphatic carbocycles. The van der Waals surface area contributed by atoms with Crippen LogP contribution in [0.1, 0.15) is 18.1 Å². The minimum Gasteiger partial charge on any atom is -0.396 e. The lowest BCUT2D eigenvalue weighted by molar-refractivity contribution is 0.262. The number of urea groups is 1. The van der Waals surface area contributed by atoms with Gasteiger partial charge in [-0.15, -0.1) is 0 Å². The Morgan fingerprint density at radius 2 is 1.76 bits per heavy atom. The fourth-order valence-corrected chi connectivity index (χ4v) is 2.12. The van der Waals surface area contributed by atoms with E-state index in [1.165, 1.54) is 0 Å². The van der Waals surface area contributed by atoms with E-state index >= 15 is 0 Å². The Kier molecular flexibility index (Phi) is 5.35. The molecule has 0 saturated heterocycles. The van der Waals surface area contributed by atoms with E-state index in [0.717, 1.165) is 28.9 Å². The predicted molar refractivity (Wildman–Crippen MR) is 85.7 cm³/mol. The van der Waals surface area contributed by atoms with Crippen molar-refractivity contribution in [1.82, 2.24) is 0 Å². The zero-order valence-corrected chi connectivity index (χ0v) is 12.1. The highest BCUT2D eigenvalue weighted by atomic mass is 16.3. The van der Waals surface area contributed by atoms with E-state index in [0.29, 0.717) is 6.42 Å². The van der Waals surface area contributed by atoms with Gasteiger partial charge < -0.3 is 15.7 Å². The van der Waals surface area contributed by atoms with Crippen molar-refractivity contribution in [3.8, 4) is 0 Å². The van der Waals surface area contributed by atoms with Crippen LogP contribution in [-0.2, 0) is 12.8 Å². The maximum absolute atomic E-state index is 12.0. The largest absolute Gasteiger partial charge is 0.396 e. The lowest BCUT2D eigenvalue weighted by Gasteiger charge is -2.11. The Bertz CT molecular complexity index is 594. The molecule has 0 aliphatic heterocycles. The highest BCUT2D eigenvalue weighted by Crippen LogP contribution is 2.16. The minimum atomic E-state index is -0.259. The van der Waals surface area contributed by atoms with Crippen molar-refractivity contribution in [1.29, 1.82) is 0 Å². The molecular formula is C17H20N2O2. The molecule has 2 aromatic rings. The number of carbonyl (C=O) groups is 1. The highest BCUT2D eigenvalue weighted by molar-refractivity contribution is 6.00. The lowest BCUT2D eigenvalue weighted by atomic mass is 10.1. The molecule has 2 amide bonds. The molecule has 110 valence electrons. The van der Waals surface area contributed by atoms with Crippen LogP contribution in [0.3, 0.4) is 0 Å². The number of amides is 2. The number of hydrogen-bond acceptors (Lipinski definition) is 2. The molecule has 0 spiro atoms. The van der Waals surface area contributed by atoms with Crippen LogP contribution < -0.4 is 10.6 Å². The summed E-state index contributed by atoms with van der Waals surface area (Å²) in [6.07, 6.45) is 1.49. The Hall–Kier alpha value is -2.33. The molecular weight excluding hydrogens is 264 g/mol. The van der Waals surface area contributed by atoms with Crippen LogP contribution in [0, 0.1) is 0 Å². The van der Waals surface area contributed by atoms with Crippen LogP contribution >= 0.6 is 0 Å². The first kappa shape index (κ1) is 15.1. The number of para-hydroxylation sites is 1. The Balaban J connectivity index is 1.98. The number of aliphatic hydroxyl groups excluding tert-OH is 1. The smallest absolute Gasteiger partial charge is 0.323 e. The first-order valence-electron chi connectivity index (χ1n) is 7.08. The predicted octanol–water partition coefficient (Wildman–Crippen LogP) is 3.43. The molecule has 3 N–H and O–H groups in total. The molecule has 0 atom stereocenters. The van der Waals surface area contributed by atoms with E-state index in [-0.39, 0.29) is 12.6 Å². The number of benzene rings is 2. The summed E-state index contributed by atoms with van der Waals surface area (Å²) in [4.78, 5) is 12.0. The zero-order valence-electron chi connectivity index (χ0n) is 12.1. The van der Waals surface area contributed by atoms with Gasteiger partial charge >= 0.3 is 6.03 Å². The molecule has 0 aliphatic rings. The summed E-state index contributed by atoms with van der Waals surface area (Å²) in [5, 5.41) is 14.5. The molecule has 21 heavy (non-hydrogen) atoms. The second-order valence-electron chi connectivity index (χ2n) is 4.76. The summed E-state index contributed by atoms with van der Waals surface area (Å²) >= 11 is 0. The van der Waals surface area contributed by atoms with Gasteiger partial charge in [0, 0.05) is 18.0 Å². The van der Waals surface area contributed by atoms with Gasteiger partial charge in [0.05, 0.1) is 0 Å². The molecule has 0 saturated carbocycles. The number of carbonyl (C=O) groups excluding carboxylic acids is 1.